The summed E-state index contributed by atoms with van der Waals surface area (Å²) in [4.78, 5) is 4.36. The zero-order chi connectivity index (χ0) is 13.4. The van der Waals surface area contributed by atoms with Crippen molar-refractivity contribution < 1.29 is 4.74 Å². The molecule has 0 amide bonds. The van der Waals surface area contributed by atoms with Crippen LogP contribution in [0.25, 0.3) is 0 Å². The summed E-state index contributed by atoms with van der Waals surface area (Å²) < 4.78 is 7.19. The number of nitrogens with zero attached hydrogens (tertiary/aromatic N) is 3. The first-order valence-corrected chi connectivity index (χ1v) is 6.74. The highest BCUT2D eigenvalue weighted by molar-refractivity contribution is 4.90. The number of rotatable bonds is 9. The SMILES string of the molecule is CCCn1ncnc1CC(CC(C)COC)NC. The van der Waals surface area contributed by atoms with E-state index in [1.807, 2.05) is 11.7 Å². The van der Waals surface area contributed by atoms with E-state index in [0.717, 1.165) is 38.2 Å². The van der Waals surface area contributed by atoms with Gasteiger partial charge in [-0.1, -0.05) is 13.8 Å². The predicted molar refractivity (Wildman–Crippen MR) is 72.5 cm³/mol. The van der Waals surface area contributed by atoms with Gasteiger partial charge in [-0.3, -0.25) is 4.68 Å². The van der Waals surface area contributed by atoms with Crippen LogP contribution in [-0.2, 0) is 17.7 Å². The van der Waals surface area contributed by atoms with Crippen LogP contribution in [0.5, 0.6) is 0 Å². The minimum Gasteiger partial charge on any atom is -0.384 e. The van der Waals surface area contributed by atoms with Gasteiger partial charge in [-0.15, -0.1) is 0 Å². The number of hydrogen-bond donors (Lipinski definition) is 1. The second kappa shape index (κ2) is 8.21. The third-order valence-corrected chi connectivity index (χ3v) is 3.11. The summed E-state index contributed by atoms with van der Waals surface area (Å²) in [6, 6.07) is 0.426. The Hall–Kier alpha value is -0.940. The van der Waals surface area contributed by atoms with Crippen molar-refractivity contribution in [2.45, 2.75) is 45.7 Å². The molecule has 0 saturated heterocycles. The summed E-state index contributed by atoms with van der Waals surface area (Å²) in [5.41, 5.74) is 0. The number of aromatic nitrogens is 3. The molecular weight excluding hydrogens is 228 g/mol. The molecule has 1 heterocycles. The Labute approximate surface area is 110 Å². The van der Waals surface area contributed by atoms with Crippen LogP contribution in [-0.4, -0.2) is 41.6 Å². The Balaban J connectivity index is 2.53. The summed E-state index contributed by atoms with van der Waals surface area (Å²) >= 11 is 0. The Morgan fingerprint density at radius 2 is 2.28 bits per heavy atom. The summed E-state index contributed by atoms with van der Waals surface area (Å²) in [6.07, 6.45) is 4.74. The standard InChI is InChI=1S/C13H26N4O/c1-5-6-17-13(15-10-16-17)8-12(14-3)7-11(2)9-18-4/h10-12,14H,5-9H2,1-4H3. The largest absolute Gasteiger partial charge is 0.384 e. The van der Waals surface area contributed by atoms with Crippen molar-refractivity contribution in [2.24, 2.45) is 5.92 Å². The van der Waals surface area contributed by atoms with Gasteiger partial charge >= 0.3 is 0 Å². The van der Waals surface area contributed by atoms with E-state index in [2.05, 4.69) is 29.2 Å². The highest BCUT2D eigenvalue weighted by Gasteiger charge is 2.15. The molecule has 1 aromatic rings. The number of aryl methyl sites for hydroxylation is 1. The van der Waals surface area contributed by atoms with Gasteiger partial charge in [0.15, 0.2) is 0 Å². The number of hydrogen-bond acceptors (Lipinski definition) is 4. The van der Waals surface area contributed by atoms with Crippen molar-refractivity contribution in [3.63, 3.8) is 0 Å². The van der Waals surface area contributed by atoms with E-state index in [9.17, 15) is 0 Å². The minimum absolute atomic E-state index is 0.426. The molecule has 0 aromatic carbocycles. The average Bonchev–Trinajstić information content (AvgIpc) is 2.76. The van der Waals surface area contributed by atoms with Gasteiger partial charge < -0.3 is 10.1 Å². The normalized spacial score (nSPS) is 14.7. The summed E-state index contributed by atoms with van der Waals surface area (Å²) in [7, 11) is 3.76. The van der Waals surface area contributed by atoms with Crippen molar-refractivity contribution >= 4 is 0 Å². The Kier molecular flexibility index (Phi) is 6.90. The summed E-state index contributed by atoms with van der Waals surface area (Å²) in [6.45, 7) is 6.12. The number of methoxy groups -OCH3 is 1. The van der Waals surface area contributed by atoms with Crippen LogP contribution in [0.3, 0.4) is 0 Å². The number of nitrogens with one attached hydrogen (secondary N) is 1. The van der Waals surface area contributed by atoms with Gasteiger partial charge in [0.25, 0.3) is 0 Å². The van der Waals surface area contributed by atoms with Gasteiger partial charge in [-0.2, -0.15) is 5.10 Å². The molecule has 1 aromatic heterocycles. The maximum atomic E-state index is 5.19. The van der Waals surface area contributed by atoms with Crippen LogP contribution in [0.15, 0.2) is 6.33 Å². The fourth-order valence-electron chi connectivity index (χ4n) is 2.21. The molecule has 2 atom stereocenters. The molecule has 0 bridgehead atoms. The Morgan fingerprint density at radius 3 is 2.89 bits per heavy atom. The average molecular weight is 254 g/mol. The maximum Gasteiger partial charge on any atom is 0.138 e. The van der Waals surface area contributed by atoms with E-state index in [1.54, 1.807) is 13.4 Å². The van der Waals surface area contributed by atoms with Crippen LogP contribution in [0.2, 0.25) is 0 Å². The van der Waals surface area contributed by atoms with Crippen molar-refractivity contribution in [1.82, 2.24) is 20.1 Å². The van der Waals surface area contributed by atoms with E-state index in [1.165, 1.54) is 0 Å². The molecule has 0 aliphatic carbocycles. The first kappa shape index (κ1) is 15.1. The van der Waals surface area contributed by atoms with Gasteiger partial charge in [0.1, 0.15) is 12.2 Å². The topological polar surface area (TPSA) is 52.0 Å². The van der Waals surface area contributed by atoms with Gasteiger partial charge in [-0.25, -0.2) is 4.98 Å². The molecule has 0 aliphatic rings. The number of ether oxygens (including phenoxy) is 1. The van der Waals surface area contributed by atoms with E-state index < -0.39 is 0 Å². The molecule has 104 valence electrons. The van der Waals surface area contributed by atoms with Crippen LogP contribution >= 0.6 is 0 Å². The molecule has 5 heteroatoms. The van der Waals surface area contributed by atoms with Crippen molar-refractivity contribution in [2.75, 3.05) is 20.8 Å². The Bertz CT molecular complexity index is 327. The first-order valence-electron chi connectivity index (χ1n) is 6.74. The molecule has 1 N–H and O–H groups in total. The van der Waals surface area contributed by atoms with E-state index >= 15 is 0 Å². The van der Waals surface area contributed by atoms with Crippen LogP contribution in [0.4, 0.5) is 0 Å². The van der Waals surface area contributed by atoms with Crippen molar-refractivity contribution in [1.29, 1.82) is 0 Å². The molecule has 0 saturated carbocycles. The van der Waals surface area contributed by atoms with E-state index in [-0.39, 0.29) is 0 Å². The fraction of sp³-hybridized carbons (Fsp3) is 0.846. The molecule has 0 spiro atoms. The monoisotopic (exact) mass is 254 g/mol. The summed E-state index contributed by atoms with van der Waals surface area (Å²) in [5.74, 6) is 1.62. The number of likely N-dealkylation sites (N-methyl/N-ethyl adjacent to an activating group) is 1. The van der Waals surface area contributed by atoms with Gasteiger partial charge in [0, 0.05) is 32.7 Å². The molecule has 0 radical (unpaired) electrons. The van der Waals surface area contributed by atoms with Crippen LogP contribution < -0.4 is 5.32 Å². The zero-order valence-electron chi connectivity index (χ0n) is 12.0. The minimum atomic E-state index is 0.426. The fourth-order valence-corrected chi connectivity index (χ4v) is 2.21. The van der Waals surface area contributed by atoms with Crippen LogP contribution in [0.1, 0.15) is 32.5 Å². The lowest BCUT2D eigenvalue weighted by atomic mass is 10.00. The molecule has 18 heavy (non-hydrogen) atoms. The first-order chi connectivity index (χ1) is 8.71. The molecule has 2 unspecified atom stereocenters. The molecule has 5 nitrogen and oxygen atoms in total. The predicted octanol–water partition coefficient (Wildman–Crippen LogP) is 1.49. The van der Waals surface area contributed by atoms with Gasteiger partial charge in [-0.05, 0) is 25.8 Å². The quantitative estimate of drug-likeness (QED) is 0.725. The van der Waals surface area contributed by atoms with E-state index in [4.69, 9.17) is 4.74 Å². The zero-order valence-corrected chi connectivity index (χ0v) is 12.0. The molecular formula is C13H26N4O. The summed E-state index contributed by atoms with van der Waals surface area (Å²) in [5, 5.41) is 7.62. The van der Waals surface area contributed by atoms with Crippen LogP contribution in [0, 0.1) is 5.92 Å². The molecule has 0 aliphatic heterocycles. The van der Waals surface area contributed by atoms with Crippen molar-refractivity contribution in [3.8, 4) is 0 Å². The smallest absolute Gasteiger partial charge is 0.138 e. The van der Waals surface area contributed by atoms with Gasteiger partial charge in [0.05, 0.1) is 0 Å². The van der Waals surface area contributed by atoms with Gasteiger partial charge in [0.2, 0.25) is 0 Å². The molecule has 0 fully saturated rings. The third-order valence-electron chi connectivity index (χ3n) is 3.11. The third kappa shape index (κ3) is 4.74. The second-order valence-corrected chi connectivity index (χ2v) is 4.89. The highest BCUT2D eigenvalue weighted by Crippen LogP contribution is 2.10. The highest BCUT2D eigenvalue weighted by atomic mass is 16.5. The lowest BCUT2D eigenvalue weighted by molar-refractivity contribution is 0.149. The molecule has 1 rings (SSSR count). The lowest BCUT2D eigenvalue weighted by Gasteiger charge is -2.20. The Morgan fingerprint density at radius 1 is 1.50 bits per heavy atom. The van der Waals surface area contributed by atoms with Crippen molar-refractivity contribution in [3.05, 3.63) is 12.2 Å². The lowest BCUT2D eigenvalue weighted by Crippen LogP contribution is -2.31. The maximum absolute atomic E-state index is 5.19. The van der Waals surface area contributed by atoms with E-state index in [0.29, 0.717) is 12.0 Å². The second-order valence-electron chi connectivity index (χ2n) is 4.89.